The molecule has 1 atom stereocenters. The molecule has 0 saturated heterocycles. The molecule has 25 heavy (non-hydrogen) atoms. The van der Waals surface area contributed by atoms with Gasteiger partial charge in [-0.15, -0.1) is 11.3 Å². The van der Waals surface area contributed by atoms with Gasteiger partial charge in [0.25, 0.3) is 5.91 Å². The third-order valence-electron chi connectivity index (χ3n) is 3.86. The summed E-state index contributed by atoms with van der Waals surface area (Å²) in [5.74, 6) is 0.621. The number of benzene rings is 1. The van der Waals surface area contributed by atoms with Crippen LogP contribution in [0, 0.1) is 6.92 Å². The van der Waals surface area contributed by atoms with Crippen LogP contribution in [0.5, 0.6) is 5.75 Å². The van der Waals surface area contributed by atoms with Gasteiger partial charge in [-0.25, -0.2) is 4.98 Å². The van der Waals surface area contributed by atoms with Gasteiger partial charge in [-0.05, 0) is 32.0 Å². The number of thiazole rings is 1. The Balaban J connectivity index is 1.81. The van der Waals surface area contributed by atoms with Crippen molar-refractivity contribution in [3.63, 3.8) is 0 Å². The third kappa shape index (κ3) is 3.69. The lowest BCUT2D eigenvalue weighted by Crippen LogP contribution is -2.26. The molecule has 0 saturated carbocycles. The molecule has 5 nitrogen and oxygen atoms in total. The van der Waals surface area contributed by atoms with Crippen LogP contribution in [0.2, 0.25) is 0 Å². The first-order valence-corrected chi connectivity index (χ1v) is 8.73. The van der Waals surface area contributed by atoms with Crippen molar-refractivity contribution in [3.8, 4) is 16.3 Å². The van der Waals surface area contributed by atoms with Crippen LogP contribution < -0.4 is 10.1 Å². The maximum absolute atomic E-state index is 12.7. The van der Waals surface area contributed by atoms with Gasteiger partial charge in [-0.2, -0.15) is 0 Å². The summed E-state index contributed by atoms with van der Waals surface area (Å²) in [6.07, 6.45) is 3.46. The Kier molecular flexibility index (Phi) is 5.09. The second-order valence-electron chi connectivity index (χ2n) is 5.61. The zero-order valence-electron chi connectivity index (χ0n) is 14.3. The average Bonchev–Trinajstić information content (AvgIpc) is 3.04. The highest BCUT2D eigenvalue weighted by atomic mass is 32.1. The summed E-state index contributed by atoms with van der Waals surface area (Å²) in [5, 5.41) is 3.82. The fourth-order valence-corrected chi connectivity index (χ4v) is 3.54. The Morgan fingerprint density at radius 2 is 2.04 bits per heavy atom. The molecule has 0 aliphatic rings. The van der Waals surface area contributed by atoms with Crippen LogP contribution in [0.3, 0.4) is 0 Å². The van der Waals surface area contributed by atoms with Crippen LogP contribution >= 0.6 is 11.3 Å². The highest BCUT2D eigenvalue weighted by molar-refractivity contribution is 7.17. The van der Waals surface area contributed by atoms with Crippen molar-refractivity contribution in [2.24, 2.45) is 0 Å². The van der Waals surface area contributed by atoms with E-state index in [0.717, 1.165) is 21.9 Å². The lowest BCUT2D eigenvalue weighted by atomic mass is 10.1. The van der Waals surface area contributed by atoms with Crippen molar-refractivity contribution < 1.29 is 9.53 Å². The molecule has 2 aromatic heterocycles. The number of carbonyl (C=O) groups is 1. The molecule has 0 radical (unpaired) electrons. The number of ether oxygens (including phenoxy) is 1. The minimum atomic E-state index is -0.174. The molecule has 0 unspecified atom stereocenters. The quantitative estimate of drug-likeness (QED) is 0.753. The molecule has 3 rings (SSSR count). The number of amides is 1. The number of pyridine rings is 1. The summed E-state index contributed by atoms with van der Waals surface area (Å²) in [5.41, 5.74) is 2.56. The number of nitrogens with zero attached hydrogens (tertiary/aromatic N) is 2. The van der Waals surface area contributed by atoms with Crippen LogP contribution in [-0.2, 0) is 0 Å². The molecule has 1 amide bonds. The number of hydrogen-bond donors (Lipinski definition) is 1. The van der Waals surface area contributed by atoms with Crippen molar-refractivity contribution in [1.29, 1.82) is 0 Å². The minimum Gasteiger partial charge on any atom is -0.496 e. The molecular weight excluding hydrogens is 334 g/mol. The molecule has 0 aliphatic heterocycles. The molecule has 0 fully saturated rings. The molecule has 6 heteroatoms. The summed E-state index contributed by atoms with van der Waals surface area (Å²) in [4.78, 5) is 21.9. The number of methoxy groups -OCH3 is 1. The first-order chi connectivity index (χ1) is 12.1. The highest BCUT2D eigenvalue weighted by Gasteiger charge is 2.20. The van der Waals surface area contributed by atoms with Gasteiger partial charge < -0.3 is 10.1 Å². The van der Waals surface area contributed by atoms with E-state index >= 15 is 0 Å². The predicted octanol–water partition coefficient (Wildman–Crippen LogP) is 4.01. The van der Waals surface area contributed by atoms with E-state index in [9.17, 15) is 4.79 Å². The Morgan fingerprint density at radius 3 is 2.76 bits per heavy atom. The van der Waals surface area contributed by atoms with E-state index in [1.807, 2.05) is 50.2 Å². The molecule has 1 aromatic carbocycles. The van der Waals surface area contributed by atoms with Crippen molar-refractivity contribution in [1.82, 2.24) is 15.3 Å². The van der Waals surface area contributed by atoms with Crippen LogP contribution in [0.25, 0.3) is 10.6 Å². The molecular formula is C19H19N3O2S. The van der Waals surface area contributed by atoms with E-state index in [1.54, 1.807) is 19.5 Å². The van der Waals surface area contributed by atoms with E-state index in [0.29, 0.717) is 10.6 Å². The Labute approximate surface area is 150 Å². The number of aryl methyl sites for hydroxylation is 1. The number of nitrogens with one attached hydrogen (secondary N) is 1. The fourth-order valence-electron chi connectivity index (χ4n) is 2.58. The molecule has 2 heterocycles. The summed E-state index contributed by atoms with van der Waals surface area (Å²) in [7, 11) is 1.63. The van der Waals surface area contributed by atoms with Gasteiger partial charge in [-0.3, -0.25) is 9.78 Å². The number of hydrogen-bond acceptors (Lipinski definition) is 5. The maximum Gasteiger partial charge on any atom is 0.263 e. The van der Waals surface area contributed by atoms with E-state index in [2.05, 4.69) is 15.3 Å². The van der Waals surface area contributed by atoms with E-state index in [4.69, 9.17) is 4.74 Å². The summed E-state index contributed by atoms with van der Waals surface area (Å²) >= 11 is 1.37. The lowest BCUT2D eigenvalue weighted by molar-refractivity contribution is 0.0943. The van der Waals surface area contributed by atoms with Gasteiger partial charge in [0.2, 0.25) is 0 Å². The Hall–Kier alpha value is -2.73. The van der Waals surface area contributed by atoms with Crippen molar-refractivity contribution >= 4 is 17.2 Å². The van der Waals surface area contributed by atoms with Crippen LogP contribution in [0.15, 0.2) is 48.8 Å². The Morgan fingerprint density at radius 1 is 1.24 bits per heavy atom. The van der Waals surface area contributed by atoms with Gasteiger partial charge in [0.1, 0.15) is 15.6 Å². The van der Waals surface area contributed by atoms with E-state index in [1.165, 1.54) is 11.3 Å². The summed E-state index contributed by atoms with van der Waals surface area (Å²) in [6, 6.07) is 11.3. The normalized spacial score (nSPS) is 11.8. The molecule has 1 N–H and O–H groups in total. The van der Waals surface area contributed by atoms with Gasteiger partial charge in [0, 0.05) is 23.5 Å². The highest BCUT2D eigenvalue weighted by Crippen LogP contribution is 2.29. The van der Waals surface area contributed by atoms with E-state index < -0.39 is 0 Å². The van der Waals surface area contributed by atoms with Crippen molar-refractivity contribution in [3.05, 3.63) is 64.9 Å². The fraction of sp³-hybridized carbons (Fsp3) is 0.211. The molecule has 3 aromatic rings. The van der Waals surface area contributed by atoms with Gasteiger partial charge in [-0.1, -0.05) is 18.2 Å². The standard InChI is InChI=1S/C19H19N3O2S/c1-12(15-8-4-5-9-16(15)24-3)21-18(23)17-13(2)22-19(25-17)14-7-6-10-20-11-14/h4-12H,1-3H3,(H,21,23)/t12-/m1/s1. The van der Waals surface area contributed by atoms with Gasteiger partial charge in [0.05, 0.1) is 18.8 Å². The van der Waals surface area contributed by atoms with Crippen LogP contribution in [-0.4, -0.2) is 23.0 Å². The first-order valence-electron chi connectivity index (χ1n) is 7.91. The second-order valence-corrected chi connectivity index (χ2v) is 6.61. The zero-order chi connectivity index (χ0) is 17.8. The third-order valence-corrected chi connectivity index (χ3v) is 5.07. The largest absolute Gasteiger partial charge is 0.496 e. The average molecular weight is 353 g/mol. The van der Waals surface area contributed by atoms with Crippen molar-refractivity contribution in [2.75, 3.05) is 7.11 Å². The molecule has 0 bridgehead atoms. The summed E-state index contributed by atoms with van der Waals surface area (Å²) in [6.45, 7) is 3.78. The number of rotatable bonds is 5. The SMILES string of the molecule is COc1ccccc1[C@@H](C)NC(=O)c1sc(-c2cccnc2)nc1C. The Bertz CT molecular complexity index is 877. The smallest absolute Gasteiger partial charge is 0.263 e. The zero-order valence-corrected chi connectivity index (χ0v) is 15.1. The topological polar surface area (TPSA) is 64.1 Å². The van der Waals surface area contributed by atoms with Crippen molar-refractivity contribution in [2.45, 2.75) is 19.9 Å². The monoisotopic (exact) mass is 353 g/mol. The molecule has 128 valence electrons. The van der Waals surface area contributed by atoms with Crippen LogP contribution in [0.4, 0.5) is 0 Å². The number of aromatic nitrogens is 2. The number of para-hydroxylation sites is 1. The minimum absolute atomic E-state index is 0.136. The molecule has 0 aliphatic carbocycles. The second kappa shape index (κ2) is 7.44. The summed E-state index contributed by atoms with van der Waals surface area (Å²) < 4.78 is 5.37. The number of carbonyl (C=O) groups excluding carboxylic acids is 1. The first kappa shape index (κ1) is 17.1. The maximum atomic E-state index is 12.7. The lowest BCUT2D eigenvalue weighted by Gasteiger charge is -2.16. The van der Waals surface area contributed by atoms with Gasteiger partial charge >= 0.3 is 0 Å². The van der Waals surface area contributed by atoms with Gasteiger partial charge in [0.15, 0.2) is 0 Å². The van der Waals surface area contributed by atoms with Crippen LogP contribution in [0.1, 0.15) is 33.9 Å². The molecule has 0 spiro atoms. The predicted molar refractivity (Wildman–Crippen MR) is 99.0 cm³/mol. The van der Waals surface area contributed by atoms with E-state index in [-0.39, 0.29) is 11.9 Å².